The summed E-state index contributed by atoms with van der Waals surface area (Å²) < 4.78 is 0. The average molecular weight is 418 g/mol. The molecule has 2 saturated carbocycles. The number of hydrogen-bond donors (Lipinski definition) is 1. The molecule has 0 amide bonds. The Morgan fingerprint density at radius 1 is 1.17 bits per heavy atom. The van der Waals surface area contributed by atoms with Gasteiger partial charge < -0.3 is 15.1 Å². The van der Waals surface area contributed by atoms with Crippen LogP contribution in [-0.4, -0.2) is 47.8 Å². The second-order valence-electron chi connectivity index (χ2n) is 9.85. The minimum atomic E-state index is 0.611. The van der Waals surface area contributed by atoms with Crippen LogP contribution in [0.1, 0.15) is 72.1 Å². The minimum absolute atomic E-state index is 0.611. The molecule has 1 heterocycles. The van der Waals surface area contributed by atoms with Gasteiger partial charge in [0.15, 0.2) is 0 Å². The smallest absolute Gasteiger partial charge is 0.0779 e. The molecule has 1 aliphatic heterocycles. The van der Waals surface area contributed by atoms with Crippen molar-refractivity contribution in [3.63, 3.8) is 0 Å². The fraction of sp³-hybridized carbons (Fsp3) is 0.760. The predicted molar refractivity (Wildman–Crippen MR) is 129 cm³/mol. The first kappa shape index (κ1) is 22.8. The molecule has 0 radical (unpaired) electrons. The summed E-state index contributed by atoms with van der Waals surface area (Å²) in [6.07, 6.45) is 10.3. The van der Waals surface area contributed by atoms with Gasteiger partial charge in [-0.3, -0.25) is 0 Å². The van der Waals surface area contributed by atoms with Crippen LogP contribution in [0.2, 0.25) is 0 Å². The maximum absolute atomic E-state index is 4.51. The highest BCUT2D eigenvalue weighted by Gasteiger charge is 2.33. The van der Waals surface area contributed by atoms with Gasteiger partial charge in [-0.15, -0.1) is 11.8 Å². The molecule has 2 atom stereocenters. The van der Waals surface area contributed by atoms with Gasteiger partial charge in [-0.25, -0.2) is 0 Å². The zero-order valence-corrected chi connectivity index (χ0v) is 20.3. The fourth-order valence-electron chi connectivity index (χ4n) is 4.32. The lowest BCUT2D eigenvalue weighted by Crippen LogP contribution is -2.37. The van der Waals surface area contributed by atoms with Crippen molar-refractivity contribution in [1.29, 1.82) is 0 Å². The molecule has 164 valence electrons. The van der Waals surface area contributed by atoms with Crippen molar-refractivity contribution in [1.82, 2.24) is 15.1 Å². The Bertz CT molecular complexity index is 630. The van der Waals surface area contributed by atoms with E-state index in [0.717, 1.165) is 18.9 Å². The van der Waals surface area contributed by atoms with E-state index in [0.29, 0.717) is 23.3 Å². The molecule has 0 aromatic heterocycles. The third-order valence-electron chi connectivity index (χ3n) is 7.06. The normalized spacial score (nSPS) is 23.1. The highest BCUT2D eigenvalue weighted by atomic mass is 32.2. The number of allylic oxidation sites excluding steroid dienone is 2. The molecule has 2 unspecified atom stereocenters. The van der Waals surface area contributed by atoms with Gasteiger partial charge >= 0.3 is 0 Å². The maximum atomic E-state index is 4.51. The quantitative estimate of drug-likeness (QED) is 0.398. The summed E-state index contributed by atoms with van der Waals surface area (Å²) >= 11 is 2.05. The molecule has 3 nitrogen and oxygen atoms in total. The SMILES string of the molecule is C=C(NC1=C(C(=C)N(C)CC2CC2)CC(CCC(CC)N(C)C(C)C)S1)C1CC1. The number of nitrogens with one attached hydrogen (secondary N) is 1. The van der Waals surface area contributed by atoms with Gasteiger partial charge in [0.2, 0.25) is 0 Å². The lowest BCUT2D eigenvalue weighted by Gasteiger charge is -2.31. The maximum Gasteiger partial charge on any atom is 0.0779 e. The van der Waals surface area contributed by atoms with Crippen LogP contribution in [0.15, 0.2) is 35.2 Å². The molecule has 2 fully saturated rings. The molecule has 0 aromatic rings. The van der Waals surface area contributed by atoms with Crippen LogP contribution >= 0.6 is 11.8 Å². The molecule has 0 spiro atoms. The second kappa shape index (κ2) is 9.96. The summed E-state index contributed by atoms with van der Waals surface area (Å²) in [6, 6.07) is 1.29. The summed E-state index contributed by atoms with van der Waals surface area (Å²) in [5.74, 6) is 1.57. The van der Waals surface area contributed by atoms with Gasteiger partial charge in [0.1, 0.15) is 0 Å². The minimum Gasteiger partial charge on any atom is -0.374 e. The topological polar surface area (TPSA) is 18.5 Å². The van der Waals surface area contributed by atoms with E-state index in [1.807, 2.05) is 11.8 Å². The van der Waals surface area contributed by atoms with E-state index in [4.69, 9.17) is 0 Å². The van der Waals surface area contributed by atoms with Crippen molar-refractivity contribution in [2.24, 2.45) is 11.8 Å². The van der Waals surface area contributed by atoms with Gasteiger partial charge in [0, 0.05) is 47.9 Å². The number of likely N-dealkylation sites (N-methyl/N-ethyl adjacent to an activating group) is 1. The Balaban J connectivity index is 1.61. The van der Waals surface area contributed by atoms with Crippen LogP contribution < -0.4 is 5.32 Å². The van der Waals surface area contributed by atoms with Crippen LogP contribution in [0, 0.1) is 11.8 Å². The number of nitrogens with zero attached hydrogens (tertiary/aromatic N) is 2. The van der Waals surface area contributed by atoms with E-state index in [1.165, 1.54) is 66.9 Å². The lowest BCUT2D eigenvalue weighted by atomic mass is 10.00. The van der Waals surface area contributed by atoms with Crippen molar-refractivity contribution in [2.75, 3.05) is 20.6 Å². The zero-order valence-electron chi connectivity index (χ0n) is 19.5. The van der Waals surface area contributed by atoms with Gasteiger partial charge in [0.05, 0.1) is 5.03 Å². The first-order chi connectivity index (χ1) is 13.8. The molecule has 3 rings (SSSR count). The van der Waals surface area contributed by atoms with Crippen molar-refractivity contribution in [3.05, 3.63) is 35.2 Å². The fourth-order valence-corrected chi connectivity index (χ4v) is 5.69. The largest absolute Gasteiger partial charge is 0.374 e. The Morgan fingerprint density at radius 3 is 2.41 bits per heavy atom. The number of hydrogen-bond acceptors (Lipinski definition) is 4. The molecular weight excluding hydrogens is 374 g/mol. The van der Waals surface area contributed by atoms with Gasteiger partial charge in [0.25, 0.3) is 0 Å². The third-order valence-corrected chi connectivity index (χ3v) is 8.38. The second-order valence-corrected chi connectivity index (χ2v) is 11.2. The van der Waals surface area contributed by atoms with Crippen molar-refractivity contribution in [3.8, 4) is 0 Å². The zero-order chi connectivity index (χ0) is 21.1. The van der Waals surface area contributed by atoms with Gasteiger partial charge in [-0.2, -0.15) is 0 Å². The van der Waals surface area contributed by atoms with E-state index in [-0.39, 0.29) is 0 Å². The van der Waals surface area contributed by atoms with Crippen LogP contribution in [0.5, 0.6) is 0 Å². The van der Waals surface area contributed by atoms with E-state index >= 15 is 0 Å². The van der Waals surface area contributed by atoms with Crippen molar-refractivity contribution in [2.45, 2.75) is 89.5 Å². The van der Waals surface area contributed by atoms with E-state index in [1.54, 1.807) is 0 Å². The van der Waals surface area contributed by atoms with Crippen LogP contribution in [-0.2, 0) is 0 Å². The Hall–Kier alpha value is -0.870. The molecule has 1 N–H and O–H groups in total. The van der Waals surface area contributed by atoms with Crippen LogP contribution in [0.3, 0.4) is 0 Å². The number of thioether (sulfide) groups is 1. The monoisotopic (exact) mass is 417 g/mol. The van der Waals surface area contributed by atoms with E-state index < -0.39 is 0 Å². The van der Waals surface area contributed by atoms with Crippen LogP contribution in [0.25, 0.3) is 0 Å². The van der Waals surface area contributed by atoms with Gasteiger partial charge in [-0.1, -0.05) is 20.1 Å². The number of rotatable bonds is 13. The Kier molecular flexibility index (Phi) is 7.83. The third kappa shape index (κ3) is 6.30. The summed E-state index contributed by atoms with van der Waals surface area (Å²) in [5.41, 5.74) is 3.88. The molecule has 0 saturated heterocycles. The van der Waals surface area contributed by atoms with Gasteiger partial charge in [-0.05, 0) is 84.1 Å². The first-order valence-corrected chi connectivity index (χ1v) is 12.7. The van der Waals surface area contributed by atoms with Crippen molar-refractivity contribution < 1.29 is 0 Å². The van der Waals surface area contributed by atoms with E-state index in [9.17, 15) is 0 Å². The first-order valence-electron chi connectivity index (χ1n) is 11.8. The molecule has 29 heavy (non-hydrogen) atoms. The molecule has 2 aliphatic carbocycles. The molecule has 3 aliphatic rings. The van der Waals surface area contributed by atoms with Crippen LogP contribution in [0.4, 0.5) is 0 Å². The average Bonchev–Trinajstić information content (AvgIpc) is 3.60. The summed E-state index contributed by atoms with van der Waals surface area (Å²) in [7, 11) is 4.51. The van der Waals surface area contributed by atoms with Crippen molar-refractivity contribution >= 4 is 11.8 Å². The Morgan fingerprint density at radius 2 is 1.86 bits per heavy atom. The van der Waals surface area contributed by atoms with E-state index in [2.05, 4.69) is 63.1 Å². The molecular formula is C25H43N3S. The lowest BCUT2D eigenvalue weighted by molar-refractivity contribution is 0.178. The summed E-state index contributed by atoms with van der Waals surface area (Å²) in [4.78, 5) is 4.95. The summed E-state index contributed by atoms with van der Waals surface area (Å²) in [5, 5.41) is 5.71. The molecule has 0 bridgehead atoms. The standard InChI is InChI=1S/C25H43N3S/c1-8-22(28(7)17(2)3)13-14-23-15-24(19(5)27(6)16-20-9-10-20)25(29-23)26-18(4)21-11-12-21/h17,20-23,26H,4-5,8-16H2,1-3,6-7H3. The molecule has 0 aromatic carbocycles. The molecule has 4 heteroatoms. The highest BCUT2D eigenvalue weighted by molar-refractivity contribution is 8.03. The summed E-state index contributed by atoms with van der Waals surface area (Å²) in [6.45, 7) is 16.9. The Labute approximate surface area is 184 Å². The predicted octanol–water partition coefficient (Wildman–Crippen LogP) is 5.97. The highest BCUT2D eigenvalue weighted by Crippen LogP contribution is 2.44.